The Morgan fingerprint density at radius 1 is 1.26 bits per heavy atom. The Morgan fingerprint density at radius 3 is 2.84 bits per heavy atom. The first kappa shape index (κ1) is 13.7. The van der Waals surface area contributed by atoms with Gasteiger partial charge in [-0.15, -0.1) is 0 Å². The summed E-state index contributed by atoms with van der Waals surface area (Å²) in [7, 11) is 0. The van der Waals surface area contributed by atoms with Crippen LogP contribution in [0.3, 0.4) is 0 Å². The molecule has 0 amide bonds. The maximum absolute atomic E-state index is 6.10. The number of rotatable bonds is 3. The van der Waals surface area contributed by atoms with Crippen molar-refractivity contribution in [2.75, 3.05) is 19.6 Å². The highest BCUT2D eigenvalue weighted by Gasteiger charge is 2.42. The van der Waals surface area contributed by atoms with E-state index in [2.05, 4.69) is 23.2 Å². The van der Waals surface area contributed by atoms with Gasteiger partial charge >= 0.3 is 0 Å². The molecule has 3 rings (SSSR count). The normalized spacial score (nSPS) is 30.8. The molecule has 104 valence electrons. The van der Waals surface area contributed by atoms with E-state index in [1.807, 2.05) is 12.1 Å². The Labute approximate surface area is 125 Å². The van der Waals surface area contributed by atoms with Gasteiger partial charge in [-0.05, 0) is 49.0 Å². The number of halogens is 2. The van der Waals surface area contributed by atoms with E-state index >= 15 is 0 Å². The molecule has 1 aromatic carbocycles. The van der Waals surface area contributed by atoms with Crippen molar-refractivity contribution < 1.29 is 0 Å². The van der Waals surface area contributed by atoms with Crippen molar-refractivity contribution in [2.45, 2.75) is 25.9 Å². The molecule has 1 N–H and O–H groups in total. The molecule has 2 heterocycles. The summed E-state index contributed by atoms with van der Waals surface area (Å²) in [6, 6.07) is 6.70. The molecular formula is C15H20Cl2N2. The number of benzene rings is 1. The summed E-state index contributed by atoms with van der Waals surface area (Å²) >= 11 is 12.1. The number of hydrogen-bond acceptors (Lipinski definition) is 2. The molecule has 2 aliphatic heterocycles. The lowest BCUT2D eigenvalue weighted by atomic mass is 9.93. The van der Waals surface area contributed by atoms with Gasteiger partial charge in [0, 0.05) is 19.1 Å². The van der Waals surface area contributed by atoms with Crippen LogP contribution in [0.2, 0.25) is 10.0 Å². The molecule has 19 heavy (non-hydrogen) atoms. The highest BCUT2D eigenvalue weighted by atomic mass is 35.5. The largest absolute Gasteiger partial charge is 0.316 e. The maximum atomic E-state index is 6.10. The van der Waals surface area contributed by atoms with Crippen LogP contribution in [-0.2, 0) is 6.54 Å². The summed E-state index contributed by atoms with van der Waals surface area (Å²) in [5.74, 6) is 1.65. The minimum atomic E-state index is 0.639. The lowest BCUT2D eigenvalue weighted by Gasteiger charge is -2.26. The Balaban J connectivity index is 1.74. The first-order chi connectivity index (χ1) is 9.19. The molecule has 2 saturated heterocycles. The van der Waals surface area contributed by atoms with Gasteiger partial charge in [0.05, 0.1) is 10.0 Å². The third kappa shape index (κ3) is 2.64. The maximum Gasteiger partial charge on any atom is 0.0595 e. The number of likely N-dealkylation sites (tertiary alicyclic amines) is 1. The van der Waals surface area contributed by atoms with Gasteiger partial charge in [-0.2, -0.15) is 0 Å². The third-order valence-corrected chi connectivity index (χ3v) is 5.35. The fourth-order valence-corrected chi connectivity index (χ4v) is 4.05. The Hall–Kier alpha value is -0.280. The van der Waals surface area contributed by atoms with Crippen molar-refractivity contribution >= 4 is 23.2 Å². The molecule has 3 unspecified atom stereocenters. The van der Waals surface area contributed by atoms with E-state index in [4.69, 9.17) is 23.2 Å². The van der Waals surface area contributed by atoms with Gasteiger partial charge in [-0.1, -0.05) is 36.2 Å². The minimum Gasteiger partial charge on any atom is -0.316 e. The highest BCUT2D eigenvalue weighted by Crippen LogP contribution is 2.35. The number of nitrogens with zero attached hydrogens (tertiary/aromatic N) is 1. The second kappa shape index (κ2) is 5.61. The van der Waals surface area contributed by atoms with E-state index in [9.17, 15) is 0 Å². The quantitative estimate of drug-likeness (QED) is 0.920. The predicted octanol–water partition coefficient (Wildman–Crippen LogP) is 3.42. The van der Waals surface area contributed by atoms with Crippen LogP contribution in [0.5, 0.6) is 0 Å². The van der Waals surface area contributed by atoms with E-state index in [0.29, 0.717) is 16.1 Å². The summed E-state index contributed by atoms with van der Waals surface area (Å²) in [6.07, 6.45) is 1.23. The van der Waals surface area contributed by atoms with E-state index in [1.54, 1.807) is 0 Å². The Morgan fingerprint density at radius 2 is 2.11 bits per heavy atom. The standard InChI is InChI=1S/C15H20Cl2N2/c1-2-15-12-7-18-6-11(12)9-19(15)8-10-3-4-13(16)14(17)5-10/h3-5,11-12,15,18H,2,6-9H2,1H3. The molecule has 0 spiro atoms. The predicted molar refractivity (Wildman–Crippen MR) is 80.8 cm³/mol. The first-order valence-corrected chi connectivity index (χ1v) is 7.83. The third-order valence-electron chi connectivity index (χ3n) is 4.61. The summed E-state index contributed by atoms with van der Waals surface area (Å²) < 4.78 is 0. The molecule has 0 bridgehead atoms. The molecule has 4 heteroatoms. The van der Waals surface area contributed by atoms with Crippen molar-refractivity contribution in [3.8, 4) is 0 Å². The Bertz CT molecular complexity index is 463. The minimum absolute atomic E-state index is 0.639. The van der Waals surface area contributed by atoms with E-state index in [-0.39, 0.29) is 0 Å². The van der Waals surface area contributed by atoms with Crippen molar-refractivity contribution in [1.82, 2.24) is 10.2 Å². The van der Waals surface area contributed by atoms with Gasteiger partial charge in [-0.3, -0.25) is 4.90 Å². The SMILES string of the molecule is CCC1C2CNCC2CN1Cc1ccc(Cl)c(Cl)c1. The molecule has 0 aliphatic carbocycles. The zero-order valence-corrected chi connectivity index (χ0v) is 12.7. The smallest absolute Gasteiger partial charge is 0.0595 e. The van der Waals surface area contributed by atoms with Crippen LogP contribution in [0.15, 0.2) is 18.2 Å². The second-order valence-electron chi connectivity index (χ2n) is 5.74. The van der Waals surface area contributed by atoms with Crippen LogP contribution >= 0.6 is 23.2 Å². The van der Waals surface area contributed by atoms with Gasteiger partial charge in [0.15, 0.2) is 0 Å². The molecule has 0 aromatic heterocycles. The van der Waals surface area contributed by atoms with Crippen LogP contribution in [0.25, 0.3) is 0 Å². The van der Waals surface area contributed by atoms with Crippen molar-refractivity contribution in [3.05, 3.63) is 33.8 Å². The van der Waals surface area contributed by atoms with Gasteiger partial charge in [0.25, 0.3) is 0 Å². The molecular weight excluding hydrogens is 279 g/mol. The average molecular weight is 299 g/mol. The molecule has 0 saturated carbocycles. The summed E-state index contributed by atoms with van der Waals surface area (Å²) in [5, 5.41) is 4.82. The summed E-state index contributed by atoms with van der Waals surface area (Å²) in [5.41, 5.74) is 1.26. The van der Waals surface area contributed by atoms with Gasteiger partial charge in [0.1, 0.15) is 0 Å². The van der Waals surface area contributed by atoms with Crippen molar-refractivity contribution in [3.63, 3.8) is 0 Å². The van der Waals surface area contributed by atoms with Crippen molar-refractivity contribution in [2.24, 2.45) is 11.8 Å². The second-order valence-corrected chi connectivity index (χ2v) is 6.55. The van der Waals surface area contributed by atoms with E-state index in [1.165, 1.54) is 31.6 Å². The van der Waals surface area contributed by atoms with Gasteiger partial charge < -0.3 is 5.32 Å². The summed E-state index contributed by atoms with van der Waals surface area (Å²) in [6.45, 7) is 6.85. The summed E-state index contributed by atoms with van der Waals surface area (Å²) in [4.78, 5) is 2.62. The fourth-order valence-electron chi connectivity index (χ4n) is 3.73. The highest BCUT2D eigenvalue weighted by molar-refractivity contribution is 6.42. The molecule has 2 fully saturated rings. The van der Waals surface area contributed by atoms with Crippen LogP contribution in [0, 0.1) is 11.8 Å². The first-order valence-electron chi connectivity index (χ1n) is 7.07. The van der Waals surface area contributed by atoms with E-state index in [0.717, 1.165) is 18.4 Å². The molecule has 0 radical (unpaired) electrons. The fraction of sp³-hybridized carbons (Fsp3) is 0.600. The van der Waals surface area contributed by atoms with Gasteiger partial charge in [-0.25, -0.2) is 0 Å². The zero-order chi connectivity index (χ0) is 13.4. The van der Waals surface area contributed by atoms with E-state index < -0.39 is 0 Å². The number of fused-ring (bicyclic) bond motifs is 1. The van der Waals surface area contributed by atoms with Crippen molar-refractivity contribution in [1.29, 1.82) is 0 Å². The van der Waals surface area contributed by atoms with Crippen LogP contribution in [0.4, 0.5) is 0 Å². The molecule has 2 aliphatic rings. The topological polar surface area (TPSA) is 15.3 Å². The van der Waals surface area contributed by atoms with Crippen LogP contribution in [-0.4, -0.2) is 30.6 Å². The lowest BCUT2D eigenvalue weighted by molar-refractivity contribution is 0.210. The molecule has 1 aromatic rings. The van der Waals surface area contributed by atoms with Gasteiger partial charge in [0.2, 0.25) is 0 Å². The Kier molecular flexibility index (Phi) is 4.04. The van der Waals surface area contributed by atoms with Crippen LogP contribution < -0.4 is 5.32 Å². The molecule has 2 nitrogen and oxygen atoms in total. The van der Waals surface area contributed by atoms with Crippen LogP contribution in [0.1, 0.15) is 18.9 Å². The number of hydrogen-bond donors (Lipinski definition) is 1. The zero-order valence-electron chi connectivity index (χ0n) is 11.2. The lowest BCUT2D eigenvalue weighted by Crippen LogP contribution is -2.34. The average Bonchev–Trinajstić information content (AvgIpc) is 2.94. The molecule has 3 atom stereocenters. The monoisotopic (exact) mass is 298 g/mol. The number of nitrogens with one attached hydrogen (secondary N) is 1.